The number of imide groups is 1. The van der Waals surface area contributed by atoms with Crippen LogP contribution in [0, 0.1) is 0 Å². The van der Waals surface area contributed by atoms with E-state index in [0.717, 1.165) is 12.1 Å². The van der Waals surface area contributed by atoms with Gasteiger partial charge < -0.3 is 4.42 Å². The Morgan fingerprint density at radius 3 is 2.52 bits per heavy atom. The molecule has 9 heteroatoms. The third-order valence-corrected chi connectivity index (χ3v) is 4.11. The highest BCUT2D eigenvalue weighted by atomic mass is 32.2. The summed E-state index contributed by atoms with van der Waals surface area (Å²) in [6.07, 6.45) is -3.31. The van der Waals surface area contributed by atoms with Gasteiger partial charge in [0, 0.05) is 11.6 Å². The minimum absolute atomic E-state index is 0.0618. The lowest BCUT2D eigenvalue weighted by Crippen LogP contribution is -2.17. The summed E-state index contributed by atoms with van der Waals surface area (Å²) < 4.78 is 57.0. The Morgan fingerprint density at radius 2 is 1.92 bits per heavy atom. The third kappa shape index (κ3) is 3.76. The van der Waals surface area contributed by atoms with Crippen molar-refractivity contribution in [2.24, 2.45) is 0 Å². The van der Waals surface area contributed by atoms with Crippen molar-refractivity contribution in [1.82, 2.24) is 5.32 Å². The zero-order chi connectivity index (χ0) is 18.2. The molecule has 25 heavy (non-hydrogen) atoms. The summed E-state index contributed by atoms with van der Waals surface area (Å²) in [4.78, 5) is 22.7. The van der Waals surface area contributed by atoms with Gasteiger partial charge in [-0.3, -0.25) is 14.9 Å². The predicted octanol–water partition coefficient (Wildman–Crippen LogP) is 4.76. The molecule has 1 N–H and O–H groups in total. The topological polar surface area (TPSA) is 59.3 Å². The summed E-state index contributed by atoms with van der Waals surface area (Å²) in [6, 6.07) is 5.69. The number of halogens is 4. The highest BCUT2D eigenvalue weighted by Gasteiger charge is 2.31. The number of hydrogen-bond acceptors (Lipinski definition) is 4. The van der Waals surface area contributed by atoms with E-state index < -0.39 is 29.6 Å². The fourth-order valence-electron chi connectivity index (χ4n) is 2.21. The molecular weight excluding hydrogens is 362 g/mol. The van der Waals surface area contributed by atoms with Crippen LogP contribution in [0.15, 0.2) is 39.7 Å². The first-order valence-corrected chi connectivity index (χ1v) is 7.70. The van der Waals surface area contributed by atoms with E-state index in [0.29, 0.717) is 11.8 Å². The molecule has 1 fully saturated rings. The van der Waals surface area contributed by atoms with Gasteiger partial charge in [-0.05, 0) is 47.7 Å². The Labute approximate surface area is 142 Å². The maximum atomic E-state index is 12.9. The van der Waals surface area contributed by atoms with Crippen LogP contribution in [0.4, 0.5) is 22.4 Å². The Kier molecular flexibility index (Phi) is 4.42. The Bertz CT molecular complexity index is 886. The molecule has 1 aliphatic rings. The molecule has 3 rings (SSSR count). The van der Waals surface area contributed by atoms with E-state index in [2.05, 4.69) is 5.32 Å². The first kappa shape index (κ1) is 17.3. The zero-order valence-corrected chi connectivity index (χ0v) is 13.1. The van der Waals surface area contributed by atoms with Gasteiger partial charge in [-0.15, -0.1) is 0 Å². The van der Waals surface area contributed by atoms with Crippen molar-refractivity contribution in [2.45, 2.75) is 12.9 Å². The van der Waals surface area contributed by atoms with Crippen molar-refractivity contribution in [3.63, 3.8) is 0 Å². The monoisotopic (exact) mass is 371 g/mol. The zero-order valence-electron chi connectivity index (χ0n) is 12.3. The molecule has 0 spiro atoms. The fraction of sp³-hybridized carbons (Fsp3) is 0.125. The summed E-state index contributed by atoms with van der Waals surface area (Å²) in [6.45, 7) is -1.05. The minimum atomic E-state index is -4.61. The molecule has 130 valence electrons. The second kappa shape index (κ2) is 6.40. The summed E-state index contributed by atoms with van der Waals surface area (Å²) in [5, 5.41) is 1.55. The Hall–Kier alpha value is -2.55. The normalized spacial score (nSPS) is 16.6. The number of nitrogens with one attached hydrogen (secondary N) is 1. The van der Waals surface area contributed by atoms with Crippen LogP contribution in [-0.2, 0) is 17.6 Å². The summed E-state index contributed by atoms with van der Waals surface area (Å²) in [5.41, 5.74) is -1.05. The van der Waals surface area contributed by atoms with Crippen LogP contribution >= 0.6 is 11.8 Å². The van der Waals surface area contributed by atoms with Crippen molar-refractivity contribution >= 4 is 29.0 Å². The van der Waals surface area contributed by atoms with Crippen LogP contribution in [-0.4, -0.2) is 11.1 Å². The molecule has 1 saturated heterocycles. The van der Waals surface area contributed by atoms with Crippen LogP contribution in [0.5, 0.6) is 0 Å². The molecule has 1 aromatic heterocycles. The van der Waals surface area contributed by atoms with Gasteiger partial charge in [-0.1, -0.05) is 0 Å². The number of thioether (sulfide) groups is 1. The van der Waals surface area contributed by atoms with Gasteiger partial charge in [0.05, 0.1) is 10.5 Å². The lowest BCUT2D eigenvalue weighted by Gasteiger charge is -2.10. The first-order chi connectivity index (χ1) is 11.8. The van der Waals surface area contributed by atoms with E-state index in [-0.39, 0.29) is 27.6 Å². The lowest BCUT2D eigenvalue weighted by molar-refractivity contribution is -0.137. The molecule has 2 amide bonds. The number of amides is 2. The molecule has 1 aliphatic heterocycles. The van der Waals surface area contributed by atoms with E-state index in [9.17, 15) is 27.2 Å². The summed E-state index contributed by atoms with van der Waals surface area (Å²) in [7, 11) is 0. The lowest BCUT2D eigenvalue weighted by atomic mass is 10.0. The van der Waals surface area contributed by atoms with Gasteiger partial charge in [-0.2, -0.15) is 13.2 Å². The Balaban J connectivity index is 1.96. The van der Waals surface area contributed by atoms with Gasteiger partial charge in [0.15, 0.2) is 0 Å². The molecule has 2 aromatic rings. The van der Waals surface area contributed by atoms with Gasteiger partial charge in [0.1, 0.15) is 18.2 Å². The number of alkyl halides is 4. The second-order valence-electron chi connectivity index (χ2n) is 5.10. The van der Waals surface area contributed by atoms with Crippen LogP contribution in [0.25, 0.3) is 17.4 Å². The highest BCUT2D eigenvalue weighted by molar-refractivity contribution is 8.18. The molecule has 0 saturated carbocycles. The van der Waals surface area contributed by atoms with E-state index in [1.54, 1.807) is 0 Å². The second-order valence-corrected chi connectivity index (χ2v) is 6.12. The van der Waals surface area contributed by atoms with Gasteiger partial charge in [0.25, 0.3) is 11.1 Å². The molecule has 4 nitrogen and oxygen atoms in total. The molecule has 0 unspecified atom stereocenters. The van der Waals surface area contributed by atoms with E-state index in [1.807, 2.05) is 0 Å². The van der Waals surface area contributed by atoms with Crippen LogP contribution in [0.1, 0.15) is 16.9 Å². The number of furan rings is 1. The van der Waals surface area contributed by atoms with Crippen LogP contribution in [0.3, 0.4) is 0 Å². The predicted molar refractivity (Wildman–Crippen MR) is 83.1 cm³/mol. The molecule has 0 atom stereocenters. The SMILES string of the molecule is O=C1NC(=O)C(=Cc2ccc(-c3cc(CF)cc(C(F)(F)F)c3)o2)S1. The quantitative estimate of drug-likeness (QED) is 0.624. The van der Waals surface area contributed by atoms with Crippen LogP contribution in [0.2, 0.25) is 0 Å². The highest BCUT2D eigenvalue weighted by Crippen LogP contribution is 2.35. The first-order valence-electron chi connectivity index (χ1n) is 6.88. The van der Waals surface area contributed by atoms with Crippen LogP contribution < -0.4 is 5.32 Å². The van der Waals surface area contributed by atoms with E-state index in [1.165, 1.54) is 24.3 Å². The van der Waals surface area contributed by atoms with Gasteiger partial charge in [-0.25, -0.2) is 4.39 Å². The number of carbonyl (C=O) groups is 2. The molecule has 0 bridgehead atoms. The maximum Gasteiger partial charge on any atom is 0.416 e. The van der Waals surface area contributed by atoms with Crippen molar-refractivity contribution in [3.05, 3.63) is 52.1 Å². The molecule has 0 aliphatic carbocycles. The summed E-state index contributed by atoms with van der Waals surface area (Å²) >= 11 is 0.689. The smallest absolute Gasteiger partial charge is 0.416 e. The van der Waals surface area contributed by atoms with Gasteiger partial charge >= 0.3 is 6.18 Å². The van der Waals surface area contributed by atoms with Crippen molar-refractivity contribution in [2.75, 3.05) is 0 Å². The van der Waals surface area contributed by atoms with Crippen molar-refractivity contribution in [3.8, 4) is 11.3 Å². The molecule has 1 aromatic carbocycles. The molecule has 0 radical (unpaired) electrons. The van der Waals surface area contributed by atoms with Gasteiger partial charge in [0.2, 0.25) is 0 Å². The minimum Gasteiger partial charge on any atom is -0.457 e. The number of hydrogen-bond donors (Lipinski definition) is 1. The average Bonchev–Trinajstić information content (AvgIpc) is 3.13. The maximum absolute atomic E-state index is 12.9. The van der Waals surface area contributed by atoms with E-state index >= 15 is 0 Å². The van der Waals surface area contributed by atoms with Crippen molar-refractivity contribution in [1.29, 1.82) is 0 Å². The third-order valence-electron chi connectivity index (χ3n) is 3.30. The van der Waals surface area contributed by atoms with Crippen molar-refractivity contribution < 1.29 is 31.6 Å². The average molecular weight is 371 g/mol. The standard InChI is InChI=1S/C16H9F4NO3S/c17-7-8-3-9(5-10(4-8)16(18,19)20)12-2-1-11(24-12)6-13-14(22)21-15(23)25-13/h1-6H,7H2,(H,21,22,23). The number of carbonyl (C=O) groups excluding carboxylic acids is 2. The fourth-order valence-corrected chi connectivity index (χ4v) is 2.87. The van der Waals surface area contributed by atoms with E-state index in [4.69, 9.17) is 4.42 Å². The number of rotatable bonds is 3. The summed E-state index contributed by atoms with van der Waals surface area (Å²) in [5.74, 6) is -0.310. The Morgan fingerprint density at radius 1 is 1.16 bits per heavy atom. The molecule has 2 heterocycles. The number of benzene rings is 1. The molecular formula is C16H9F4NO3S. The largest absolute Gasteiger partial charge is 0.457 e.